The first-order chi connectivity index (χ1) is 14.0. The fourth-order valence-electron chi connectivity index (χ4n) is 3.38. The number of anilines is 1. The van der Waals surface area contributed by atoms with Gasteiger partial charge in [0.25, 0.3) is 0 Å². The van der Waals surface area contributed by atoms with Crippen molar-refractivity contribution in [2.75, 3.05) is 5.32 Å². The summed E-state index contributed by atoms with van der Waals surface area (Å²) in [4.78, 5) is 25.0. The van der Waals surface area contributed by atoms with Gasteiger partial charge in [0.15, 0.2) is 0 Å². The fraction of sp³-hybridized carbons (Fsp3) is 0.364. The Hall–Kier alpha value is -2.93. The highest BCUT2D eigenvalue weighted by molar-refractivity contribution is 5.95. The van der Waals surface area contributed by atoms with Crippen molar-refractivity contribution in [1.29, 1.82) is 0 Å². The van der Waals surface area contributed by atoms with E-state index in [1.165, 1.54) is 0 Å². The van der Waals surface area contributed by atoms with Crippen molar-refractivity contribution < 1.29 is 14.3 Å². The largest absolute Gasteiger partial charge is 0.387 e. The van der Waals surface area contributed by atoms with E-state index in [1.807, 2.05) is 26.0 Å². The van der Waals surface area contributed by atoms with Gasteiger partial charge in [0.2, 0.25) is 5.91 Å². The van der Waals surface area contributed by atoms with E-state index in [0.717, 1.165) is 28.5 Å². The molecule has 7 heteroatoms. The molecule has 3 aromatic heterocycles. The van der Waals surface area contributed by atoms with Crippen molar-refractivity contribution in [3.05, 3.63) is 48.0 Å². The molecule has 3 aromatic rings. The number of pyridine rings is 3. The van der Waals surface area contributed by atoms with E-state index in [-0.39, 0.29) is 12.3 Å². The number of alkyl halides is 1. The molecular weight excluding hydrogens is 371 g/mol. The van der Waals surface area contributed by atoms with Gasteiger partial charge in [-0.15, -0.1) is 0 Å². The number of amides is 1. The van der Waals surface area contributed by atoms with E-state index in [1.54, 1.807) is 24.7 Å². The highest BCUT2D eigenvalue weighted by Gasteiger charge is 2.43. The minimum atomic E-state index is -1.04. The number of rotatable bonds is 6. The lowest BCUT2D eigenvalue weighted by Gasteiger charge is -2.12. The number of carbonyl (C=O) groups is 1. The van der Waals surface area contributed by atoms with Crippen LogP contribution in [-0.4, -0.2) is 32.1 Å². The van der Waals surface area contributed by atoms with E-state index in [9.17, 15) is 14.3 Å². The molecule has 0 unspecified atom stereocenters. The molecule has 1 saturated carbocycles. The predicted octanol–water partition coefficient (Wildman–Crippen LogP) is 4.13. The lowest BCUT2D eigenvalue weighted by atomic mass is 10.0. The Morgan fingerprint density at radius 2 is 2.03 bits per heavy atom. The molecule has 1 fully saturated rings. The number of nitrogens with one attached hydrogen (secondary N) is 1. The first kappa shape index (κ1) is 19.4. The molecule has 1 amide bonds. The predicted molar refractivity (Wildman–Crippen MR) is 109 cm³/mol. The molecule has 29 heavy (non-hydrogen) atoms. The van der Waals surface area contributed by atoms with Crippen molar-refractivity contribution >= 4 is 22.6 Å². The van der Waals surface area contributed by atoms with Crippen molar-refractivity contribution in [2.24, 2.45) is 5.92 Å². The lowest BCUT2D eigenvalue weighted by Crippen LogP contribution is -2.15. The van der Waals surface area contributed by atoms with Gasteiger partial charge in [-0.25, -0.2) is 9.37 Å². The van der Waals surface area contributed by atoms with Crippen LogP contribution in [-0.2, 0) is 4.79 Å². The number of aryl methyl sites for hydroxylation is 1. The van der Waals surface area contributed by atoms with Crippen LogP contribution in [0.15, 0.2) is 36.8 Å². The van der Waals surface area contributed by atoms with Gasteiger partial charge in [0.05, 0.1) is 23.2 Å². The zero-order valence-corrected chi connectivity index (χ0v) is 16.4. The van der Waals surface area contributed by atoms with Crippen LogP contribution in [0.3, 0.4) is 0 Å². The monoisotopic (exact) mass is 394 g/mol. The molecule has 0 bridgehead atoms. The molecule has 6 nitrogen and oxygen atoms in total. The van der Waals surface area contributed by atoms with Crippen LogP contribution in [0.2, 0.25) is 0 Å². The van der Waals surface area contributed by atoms with Crippen LogP contribution in [0.4, 0.5) is 10.2 Å². The standard InChI is InChI=1S/C22H23FN4O2/c1-3-4-20(28)19-5-12(2)16(11-25-19)13-6-14-10-26-21(8-18(14)24-9-13)27-22(29)15-7-17(15)23/h5-6,8-11,15,17,20,28H,3-4,7H2,1-2H3,(H,26,27,29)/t15-,17+,20-/m1/s1. The summed E-state index contributed by atoms with van der Waals surface area (Å²) in [5, 5.41) is 13.6. The molecule has 1 aliphatic carbocycles. The Morgan fingerprint density at radius 1 is 1.24 bits per heavy atom. The highest BCUT2D eigenvalue weighted by Crippen LogP contribution is 2.34. The Bertz CT molecular complexity index is 1070. The summed E-state index contributed by atoms with van der Waals surface area (Å²) in [6.07, 6.45) is 5.41. The summed E-state index contributed by atoms with van der Waals surface area (Å²) in [7, 11) is 0. The van der Waals surface area contributed by atoms with Gasteiger partial charge in [0.1, 0.15) is 12.0 Å². The Balaban J connectivity index is 1.57. The first-order valence-corrected chi connectivity index (χ1v) is 9.82. The Morgan fingerprint density at radius 3 is 2.72 bits per heavy atom. The summed E-state index contributed by atoms with van der Waals surface area (Å²) >= 11 is 0. The van der Waals surface area contributed by atoms with Crippen molar-refractivity contribution in [1.82, 2.24) is 15.0 Å². The maximum atomic E-state index is 13.0. The second-order valence-electron chi connectivity index (χ2n) is 7.56. The molecule has 3 atom stereocenters. The first-order valence-electron chi connectivity index (χ1n) is 9.82. The topological polar surface area (TPSA) is 88.0 Å². The van der Waals surface area contributed by atoms with Gasteiger partial charge in [-0.05, 0) is 37.5 Å². The zero-order valence-electron chi connectivity index (χ0n) is 16.4. The molecule has 2 N–H and O–H groups in total. The lowest BCUT2D eigenvalue weighted by molar-refractivity contribution is -0.117. The normalized spacial score (nSPS) is 19.2. The summed E-state index contributed by atoms with van der Waals surface area (Å²) in [6.45, 7) is 4.01. The summed E-state index contributed by atoms with van der Waals surface area (Å²) in [5.74, 6) is -0.529. The third kappa shape index (κ3) is 4.10. The summed E-state index contributed by atoms with van der Waals surface area (Å²) in [5.41, 5.74) is 4.21. The molecule has 1 aliphatic rings. The summed E-state index contributed by atoms with van der Waals surface area (Å²) in [6, 6.07) is 5.56. The maximum Gasteiger partial charge on any atom is 0.231 e. The Kier molecular flexibility index (Phi) is 5.24. The number of fused-ring (bicyclic) bond motifs is 1. The number of hydrogen-bond donors (Lipinski definition) is 2. The zero-order chi connectivity index (χ0) is 20.5. The molecule has 0 spiro atoms. The van der Waals surface area contributed by atoms with Gasteiger partial charge in [0, 0.05) is 41.2 Å². The van der Waals surface area contributed by atoms with Gasteiger partial charge >= 0.3 is 0 Å². The minimum Gasteiger partial charge on any atom is -0.387 e. The Labute approximate surface area is 168 Å². The average molecular weight is 394 g/mol. The van der Waals surface area contributed by atoms with Crippen LogP contribution in [0.5, 0.6) is 0 Å². The number of aromatic nitrogens is 3. The van der Waals surface area contributed by atoms with Crippen molar-refractivity contribution in [3.63, 3.8) is 0 Å². The van der Waals surface area contributed by atoms with Gasteiger partial charge < -0.3 is 10.4 Å². The van der Waals surface area contributed by atoms with Crippen molar-refractivity contribution in [3.8, 4) is 11.1 Å². The smallest absolute Gasteiger partial charge is 0.231 e. The number of aliphatic hydroxyl groups is 1. The van der Waals surface area contributed by atoms with Crippen LogP contribution >= 0.6 is 0 Å². The maximum absolute atomic E-state index is 13.0. The number of hydrogen-bond acceptors (Lipinski definition) is 5. The number of nitrogens with zero attached hydrogens (tertiary/aromatic N) is 3. The van der Waals surface area contributed by atoms with Crippen LogP contribution in [0.25, 0.3) is 22.0 Å². The molecule has 4 rings (SSSR count). The van der Waals surface area contributed by atoms with E-state index >= 15 is 0 Å². The second-order valence-corrected chi connectivity index (χ2v) is 7.56. The highest BCUT2D eigenvalue weighted by atomic mass is 19.1. The number of carbonyl (C=O) groups excluding carboxylic acids is 1. The van der Waals surface area contributed by atoms with E-state index in [2.05, 4.69) is 20.3 Å². The minimum absolute atomic E-state index is 0.280. The fourth-order valence-corrected chi connectivity index (χ4v) is 3.38. The molecule has 3 heterocycles. The van der Waals surface area contributed by atoms with E-state index in [4.69, 9.17) is 0 Å². The van der Waals surface area contributed by atoms with Gasteiger partial charge in [-0.2, -0.15) is 0 Å². The summed E-state index contributed by atoms with van der Waals surface area (Å²) < 4.78 is 13.0. The molecule has 0 saturated heterocycles. The van der Waals surface area contributed by atoms with Crippen molar-refractivity contribution in [2.45, 2.75) is 45.4 Å². The SMILES string of the molecule is CCC[C@@H](O)c1cc(C)c(-c2cnc3cc(NC(=O)[C@@H]4C[C@@H]4F)ncc3c2)cn1. The number of aliphatic hydroxyl groups excluding tert-OH is 1. The van der Waals surface area contributed by atoms with Crippen LogP contribution in [0.1, 0.15) is 43.5 Å². The average Bonchev–Trinajstić information content (AvgIpc) is 3.44. The third-order valence-corrected chi connectivity index (χ3v) is 5.21. The second kappa shape index (κ2) is 7.83. The quantitative estimate of drug-likeness (QED) is 0.656. The van der Waals surface area contributed by atoms with E-state index in [0.29, 0.717) is 23.4 Å². The van der Waals surface area contributed by atoms with E-state index < -0.39 is 18.2 Å². The number of halogens is 1. The van der Waals surface area contributed by atoms with Gasteiger partial charge in [-0.1, -0.05) is 13.3 Å². The molecule has 0 radical (unpaired) electrons. The molecule has 150 valence electrons. The van der Waals surface area contributed by atoms with Gasteiger partial charge in [-0.3, -0.25) is 14.8 Å². The molecule has 0 aromatic carbocycles. The molecular formula is C22H23FN4O2. The third-order valence-electron chi connectivity index (χ3n) is 5.21. The van der Waals surface area contributed by atoms with Crippen LogP contribution < -0.4 is 5.32 Å². The van der Waals surface area contributed by atoms with Crippen LogP contribution in [0, 0.1) is 12.8 Å². The molecule has 0 aliphatic heterocycles.